The zero-order chi connectivity index (χ0) is 13.2. The van der Waals surface area contributed by atoms with Gasteiger partial charge in [0.2, 0.25) is 0 Å². The summed E-state index contributed by atoms with van der Waals surface area (Å²) in [4.78, 5) is 0. The van der Waals surface area contributed by atoms with E-state index in [2.05, 4.69) is 12.1 Å². The fourth-order valence-corrected chi connectivity index (χ4v) is 2.42. The SMILES string of the molecule is COc1ccc2ccccc2c1C1OCC(CN)O1. The molecular formula is C15H17NO3. The first-order valence-electron chi connectivity index (χ1n) is 6.36. The predicted molar refractivity (Wildman–Crippen MR) is 73.1 cm³/mol. The summed E-state index contributed by atoms with van der Waals surface area (Å²) in [6, 6.07) is 12.1. The molecule has 3 rings (SSSR count). The Hall–Kier alpha value is -1.62. The number of ether oxygens (including phenoxy) is 3. The maximum atomic E-state index is 5.82. The monoisotopic (exact) mass is 259 g/mol. The van der Waals surface area contributed by atoms with Crippen LogP contribution >= 0.6 is 0 Å². The summed E-state index contributed by atoms with van der Waals surface area (Å²) in [5.41, 5.74) is 6.56. The second-order valence-electron chi connectivity index (χ2n) is 4.56. The van der Waals surface area contributed by atoms with Crippen LogP contribution in [0.2, 0.25) is 0 Å². The lowest BCUT2D eigenvalue weighted by Gasteiger charge is -2.17. The third kappa shape index (κ3) is 2.18. The Morgan fingerprint density at radius 2 is 2.11 bits per heavy atom. The van der Waals surface area contributed by atoms with Gasteiger partial charge < -0.3 is 19.9 Å². The van der Waals surface area contributed by atoms with Gasteiger partial charge in [-0.3, -0.25) is 0 Å². The molecule has 0 saturated carbocycles. The van der Waals surface area contributed by atoms with Crippen molar-refractivity contribution in [2.75, 3.05) is 20.3 Å². The number of rotatable bonds is 3. The number of hydrogen-bond donors (Lipinski definition) is 1. The minimum absolute atomic E-state index is 0.0475. The summed E-state index contributed by atoms with van der Waals surface area (Å²) in [7, 11) is 1.66. The summed E-state index contributed by atoms with van der Waals surface area (Å²) >= 11 is 0. The van der Waals surface area contributed by atoms with Gasteiger partial charge in [0.05, 0.1) is 25.4 Å². The zero-order valence-electron chi connectivity index (χ0n) is 10.8. The number of methoxy groups -OCH3 is 1. The van der Waals surface area contributed by atoms with E-state index >= 15 is 0 Å². The smallest absolute Gasteiger partial charge is 0.188 e. The van der Waals surface area contributed by atoms with Crippen LogP contribution in [0.5, 0.6) is 5.75 Å². The molecule has 1 saturated heterocycles. The lowest BCUT2D eigenvalue weighted by Crippen LogP contribution is -2.21. The fourth-order valence-electron chi connectivity index (χ4n) is 2.42. The minimum atomic E-state index is -0.408. The highest BCUT2D eigenvalue weighted by Crippen LogP contribution is 2.38. The van der Waals surface area contributed by atoms with E-state index in [-0.39, 0.29) is 6.10 Å². The largest absolute Gasteiger partial charge is 0.496 e. The van der Waals surface area contributed by atoms with E-state index in [1.54, 1.807) is 7.11 Å². The average Bonchev–Trinajstić information content (AvgIpc) is 2.94. The maximum Gasteiger partial charge on any atom is 0.188 e. The fraction of sp³-hybridized carbons (Fsp3) is 0.333. The van der Waals surface area contributed by atoms with E-state index in [1.165, 1.54) is 0 Å². The van der Waals surface area contributed by atoms with Gasteiger partial charge in [0.1, 0.15) is 5.75 Å². The summed E-state index contributed by atoms with van der Waals surface area (Å²) in [6.45, 7) is 0.983. The molecular weight excluding hydrogens is 242 g/mol. The quantitative estimate of drug-likeness (QED) is 0.918. The molecule has 0 spiro atoms. The molecule has 4 nitrogen and oxygen atoms in total. The van der Waals surface area contributed by atoms with E-state index < -0.39 is 6.29 Å². The Morgan fingerprint density at radius 1 is 1.26 bits per heavy atom. The number of nitrogens with two attached hydrogens (primary N) is 1. The Labute approximate surface area is 112 Å². The lowest BCUT2D eigenvalue weighted by atomic mass is 10.0. The average molecular weight is 259 g/mol. The molecule has 1 aliphatic heterocycles. The molecule has 2 aromatic carbocycles. The summed E-state index contributed by atoms with van der Waals surface area (Å²) in [5, 5.41) is 2.23. The Morgan fingerprint density at radius 3 is 2.84 bits per heavy atom. The maximum absolute atomic E-state index is 5.82. The van der Waals surface area contributed by atoms with E-state index in [4.69, 9.17) is 19.9 Å². The molecule has 0 aromatic heterocycles. The first-order chi connectivity index (χ1) is 9.33. The highest BCUT2D eigenvalue weighted by molar-refractivity contribution is 5.88. The third-order valence-electron chi connectivity index (χ3n) is 3.40. The van der Waals surface area contributed by atoms with Gasteiger partial charge in [-0.15, -0.1) is 0 Å². The number of fused-ring (bicyclic) bond motifs is 1. The molecule has 1 aliphatic rings. The molecule has 4 heteroatoms. The Balaban J connectivity index is 2.10. The van der Waals surface area contributed by atoms with Gasteiger partial charge in [-0.25, -0.2) is 0 Å². The van der Waals surface area contributed by atoms with Crippen LogP contribution < -0.4 is 10.5 Å². The van der Waals surface area contributed by atoms with E-state index in [1.807, 2.05) is 24.3 Å². The first kappa shape index (κ1) is 12.4. The van der Waals surface area contributed by atoms with Crippen LogP contribution in [0.4, 0.5) is 0 Å². The predicted octanol–water partition coefficient (Wildman–Crippen LogP) is 2.22. The number of benzene rings is 2. The van der Waals surface area contributed by atoms with Crippen molar-refractivity contribution in [3.63, 3.8) is 0 Å². The second-order valence-corrected chi connectivity index (χ2v) is 4.56. The van der Waals surface area contributed by atoms with Gasteiger partial charge in [-0.1, -0.05) is 30.3 Å². The molecule has 2 atom stereocenters. The van der Waals surface area contributed by atoms with Crippen LogP contribution in [0, 0.1) is 0 Å². The van der Waals surface area contributed by atoms with Crippen molar-refractivity contribution in [3.05, 3.63) is 42.0 Å². The highest BCUT2D eigenvalue weighted by Gasteiger charge is 2.29. The molecule has 1 heterocycles. The molecule has 19 heavy (non-hydrogen) atoms. The van der Waals surface area contributed by atoms with Gasteiger partial charge in [-0.2, -0.15) is 0 Å². The molecule has 0 amide bonds. The van der Waals surface area contributed by atoms with Gasteiger partial charge in [0.15, 0.2) is 6.29 Å². The van der Waals surface area contributed by atoms with E-state index in [9.17, 15) is 0 Å². The molecule has 100 valence electrons. The van der Waals surface area contributed by atoms with Crippen LogP contribution in [-0.2, 0) is 9.47 Å². The van der Waals surface area contributed by atoms with E-state index in [0.717, 1.165) is 22.1 Å². The zero-order valence-corrected chi connectivity index (χ0v) is 10.8. The van der Waals surface area contributed by atoms with Crippen molar-refractivity contribution in [2.45, 2.75) is 12.4 Å². The summed E-state index contributed by atoms with van der Waals surface area (Å²) in [5.74, 6) is 0.779. The van der Waals surface area contributed by atoms with Gasteiger partial charge in [0.25, 0.3) is 0 Å². The molecule has 0 bridgehead atoms. The standard InChI is InChI=1S/C15H17NO3/c1-17-13-7-6-10-4-2-3-5-12(10)14(13)15-18-9-11(8-16)19-15/h2-7,11,15H,8-9,16H2,1H3. The summed E-state index contributed by atoms with van der Waals surface area (Å²) < 4.78 is 17.0. The highest BCUT2D eigenvalue weighted by atomic mass is 16.7. The Kier molecular flexibility index (Phi) is 3.38. The van der Waals surface area contributed by atoms with Crippen molar-refractivity contribution in [1.82, 2.24) is 0 Å². The normalized spacial score (nSPS) is 22.8. The van der Waals surface area contributed by atoms with Crippen LogP contribution in [0.3, 0.4) is 0 Å². The van der Waals surface area contributed by atoms with Gasteiger partial charge >= 0.3 is 0 Å². The molecule has 0 aliphatic carbocycles. The second kappa shape index (κ2) is 5.17. The van der Waals surface area contributed by atoms with Crippen LogP contribution in [0.25, 0.3) is 10.8 Å². The molecule has 1 fully saturated rings. The number of hydrogen-bond acceptors (Lipinski definition) is 4. The van der Waals surface area contributed by atoms with Crippen molar-refractivity contribution < 1.29 is 14.2 Å². The van der Waals surface area contributed by atoms with Crippen LogP contribution in [-0.4, -0.2) is 26.4 Å². The van der Waals surface area contributed by atoms with E-state index in [0.29, 0.717) is 13.2 Å². The van der Waals surface area contributed by atoms with Crippen LogP contribution in [0.1, 0.15) is 11.9 Å². The molecule has 0 radical (unpaired) electrons. The summed E-state index contributed by atoms with van der Waals surface area (Å²) in [6.07, 6.45) is -0.455. The molecule has 2 N–H and O–H groups in total. The minimum Gasteiger partial charge on any atom is -0.496 e. The van der Waals surface area contributed by atoms with Crippen molar-refractivity contribution >= 4 is 10.8 Å². The Bertz CT molecular complexity index is 585. The van der Waals surface area contributed by atoms with Gasteiger partial charge in [-0.05, 0) is 16.8 Å². The van der Waals surface area contributed by atoms with Crippen molar-refractivity contribution in [2.24, 2.45) is 5.73 Å². The topological polar surface area (TPSA) is 53.7 Å². The first-order valence-corrected chi connectivity index (χ1v) is 6.36. The van der Waals surface area contributed by atoms with Crippen molar-refractivity contribution in [1.29, 1.82) is 0 Å². The molecule has 2 unspecified atom stereocenters. The third-order valence-corrected chi connectivity index (χ3v) is 3.40. The lowest BCUT2D eigenvalue weighted by molar-refractivity contribution is -0.0586. The van der Waals surface area contributed by atoms with Crippen molar-refractivity contribution in [3.8, 4) is 5.75 Å². The van der Waals surface area contributed by atoms with Gasteiger partial charge in [0, 0.05) is 6.54 Å². The van der Waals surface area contributed by atoms with Crippen LogP contribution in [0.15, 0.2) is 36.4 Å². The molecule has 2 aromatic rings.